The van der Waals surface area contributed by atoms with E-state index < -0.39 is 0 Å². The number of aryl methyl sites for hydroxylation is 2. The number of para-hydroxylation sites is 1. The molecule has 0 aliphatic heterocycles. The molecular formula is C24H20N4O2. The minimum absolute atomic E-state index is 0.0184. The van der Waals surface area contributed by atoms with Gasteiger partial charge in [-0.3, -0.25) is 0 Å². The van der Waals surface area contributed by atoms with Crippen molar-refractivity contribution < 1.29 is 10.2 Å². The first-order valence-electron chi connectivity index (χ1n) is 9.13. The topological polar surface area (TPSA) is 103 Å². The number of benzene rings is 2. The van der Waals surface area contributed by atoms with Crippen LogP contribution in [0.1, 0.15) is 22.5 Å². The molecule has 0 saturated carbocycles. The van der Waals surface area contributed by atoms with Crippen LogP contribution in [0.5, 0.6) is 5.75 Å². The maximum absolute atomic E-state index is 10.3. The van der Waals surface area contributed by atoms with Gasteiger partial charge < -0.3 is 10.2 Å². The number of rotatable bonds is 5. The molecule has 0 aliphatic carbocycles. The van der Waals surface area contributed by atoms with Crippen LogP contribution in [0.15, 0.2) is 67.5 Å². The number of aliphatic hydroxyl groups is 1. The number of hydrogen-bond acceptors (Lipinski definition) is 6. The van der Waals surface area contributed by atoms with E-state index in [9.17, 15) is 15.5 Å². The van der Waals surface area contributed by atoms with Crippen LogP contribution in [0.4, 0.5) is 0 Å². The molecule has 0 unspecified atom stereocenters. The molecule has 3 aromatic rings. The van der Waals surface area contributed by atoms with Crippen LogP contribution in [-0.2, 0) is 0 Å². The van der Waals surface area contributed by atoms with Gasteiger partial charge in [-0.15, -0.1) is 0 Å². The molecule has 148 valence electrons. The Balaban J connectivity index is 2.32. The molecule has 0 spiro atoms. The zero-order valence-corrected chi connectivity index (χ0v) is 16.7. The van der Waals surface area contributed by atoms with E-state index in [2.05, 4.69) is 34.2 Å². The van der Waals surface area contributed by atoms with Crippen LogP contribution in [0, 0.1) is 25.2 Å². The van der Waals surface area contributed by atoms with Gasteiger partial charge in [0.25, 0.3) is 0 Å². The predicted molar refractivity (Wildman–Crippen MR) is 116 cm³/mol. The van der Waals surface area contributed by atoms with Gasteiger partial charge in [-0.25, -0.2) is 15.0 Å². The van der Waals surface area contributed by atoms with Crippen molar-refractivity contribution in [3.63, 3.8) is 0 Å². The Kier molecular flexibility index (Phi) is 5.75. The molecule has 1 heterocycles. The number of aromatic hydroxyl groups is 1. The number of nitriles is 1. The summed E-state index contributed by atoms with van der Waals surface area (Å²) < 4.78 is 0. The van der Waals surface area contributed by atoms with Crippen molar-refractivity contribution in [3.8, 4) is 34.6 Å². The molecule has 1 aromatic heterocycles. The monoisotopic (exact) mass is 396 g/mol. The second kappa shape index (κ2) is 8.41. The Morgan fingerprint density at radius 2 is 1.70 bits per heavy atom. The molecule has 2 aromatic carbocycles. The maximum atomic E-state index is 10.3. The van der Waals surface area contributed by atoms with Gasteiger partial charge in [0.1, 0.15) is 11.5 Å². The highest BCUT2D eigenvalue weighted by molar-refractivity contribution is 5.76. The highest BCUT2D eigenvalue weighted by Crippen LogP contribution is 2.30. The van der Waals surface area contributed by atoms with Crippen LogP contribution in [0.25, 0.3) is 28.3 Å². The molecule has 6 nitrogen and oxygen atoms in total. The minimum Gasteiger partial charge on any atom is -0.508 e. The number of allylic oxidation sites excluding steroid dienone is 3. The van der Waals surface area contributed by atoms with Crippen molar-refractivity contribution in [3.05, 3.63) is 90.0 Å². The quantitative estimate of drug-likeness (QED) is 0.462. The first kappa shape index (κ1) is 20.5. The Morgan fingerprint density at radius 1 is 1.07 bits per heavy atom. The lowest BCUT2D eigenvalue weighted by Gasteiger charge is -2.12. The average Bonchev–Trinajstić information content (AvgIpc) is 2.71. The highest BCUT2D eigenvalue weighted by Gasteiger charge is 2.17. The third kappa shape index (κ3) is 3.96. The fourth-order valence-corrected chi connectivity index (χ4v) is 3.10. The number of hydrogen-bond donors (Lipinski definition) is 2. The average molecular weight is 396 g/mol. The standard InChI is InChI=1S/C24H20N4O2/c1-5-8-18(16(4)29)23-26-22(17-11-14(2)20(13-25)15(3)12-17)27-24(28-23)19-9-6-7-10-21(19)30/h5-12,29-30H,1,4H2,2-3H3/b18-8+. The second-order valence-corrected chi connectivity index (χ2v) is 6.68. The predicted octanol–water partition coefficient (Wildman–Crippen LogP) is 5.04. The maximum Gasteiger partial charge on any atom is 0.167 e. The van der Waals surface area contributed by atoms with Gasteiger partial charge >= 0.3 is 0 Å². The summed E-state index contributed by atoms with van der Waals surface area (Å²) in [5, 5.41) is 29.7. The summed E-state index contributed by atoms with van der Waals surface area (Å²) in [4.78, 5) is 13.5. The molecule has 0 atom stereocenters. The van der Waals surface area contributed by atoms with E-state index in [1.165, 1.54) is 6.08 Å². The summed E-state index contributed by atoms with van der Waals surface area (Å²) >= 11 is 0. The van der Waals surface area contributed by atoms with Gasteiger partial charge in [0.15, 0.2) is 17.5 Å². The summed E-state index contributed by atoms with van der Waals surface area (Å²) in [5.74, 6) is 0.562. The number of nitrogens with zero attached hydrogens (tertiary/aromatic N) is 4. The summed E-state index contributed by atoms with van der Waals surface area (Å²) in [6.07, 6.45) is 3.04. The number of phenolic OH excluding ortho intramolecular Hbond substituents is 1. The summed E-state index contributed by atoms with van der Waals surface area (Å²) in [7, 11) is 0. The Labute approximate surface area is 174 Å². The van der Waals surface area contributed by atoms with Crippen LogP contribution >= 0.6 is 0 Å². The molecule has 0 radical (unpaired) electrons. The second-order valence-electron chi connectivity index (χ2n) is 6.68. The normalized spacial score (nSPS) is 11.0. The molecule has 30 heavy (non-hydrogen) atoms. The van der Waals surface area contributed by atoms with E-state index in [0.717, 1.165) is 11.1 Å². The Morgan fingerprint density at radius 3 is 2.27 bits per heavy atom. The van der Waals surface area contributed by atoms with Crippen molar-refractivity contribution in [1.29, 1.82) is 5.26 Å². The largest absolute Gasteiger partial charge is 0.508 e. The first-order chi connectivity index (χ1) is 14.3. The number of aliphatic hydroxyl groups excluding tert-OH is 1. The van der Waals surface area contributed by atoms with Gasteiger partial charge in [-0.1, -0.05) is 31.4 Å². The molecule has 6 heteroatoms. The van der Waals surface area contributed by atoms with Crippen molar-refractivity contribution in [1.82, 2.24) is 15.0 Å². The fourth-order valence-electron chi connectivity index (χ4n) is 3.10. The molecule has 0 bridgehead atoms. The molecule has 3 rings (SSSR count). The van der Waals surface area contributed by atoms with E-state index in [1.54, 1.807) is 30.3 Å². The molecular weight excluding hydrogens is 376 g/mol. The van der Waals surface area contributed by atoms with Crippen LogP contribution in [0.3, 0.4) is 0 Å². The van der Waals surface area contributed by atoms with E-state index in [0.29, 0.717) is 22.5 Å². The van der Waals surface area contributed by atoms with Crippen molar-refractivity contribution in [2.75, 3.05) is 0 Å². The summed E-state index contributed by atoms with van der Waals surface area (Å²) in [5.41, 5.74) is 3.59. The third-order valence-electron chi connectivity index (χ3n) is 4.52. The SMILES string of the molecule is C=C/C=C(\C(=C)O)c1nc(-c2cc(C)c(C#N)c(C)c2)nc(-c2ccccc2O)n1. The molecule has 0 fully saturated rings. The highest BCUT2D eigenvalue weighted by atomic mass is 16.3. The lowest BCUT2D eigenvalue weighted by molar-refractivity contribution is 0.440. The Hall–Kier alpha value is -4.24. The van der Waals surface area contributed by atoms with E-state index in [1.807, 2.05) is 26.0 Å². The van der Waals surface area contributed by atoms with E-state index in [-0.39, 0.29) is 28.7 Å². The van der Waals surface area contributed by atoms with Crippen LogP contribution < -0.4 is 0 Å². The summed E-state index contributed by atoms with van der Waals surface area (Å²) in [6, 6.07) is 12.5. The Bertz CT molecular complexity index is 1210. The van der Waals surface area contributed by atoms with E-state index >= 15 is 0 Å². The zero-order chi connectivity index (χ0) is 21.8. The van der Waals surface area contributed by atoms with Crippen LogP contribution in [0.2, 0.25) is 0 Å². The fraction of sp³-hybridized carbons (Fsp3) is 0.0833. The van der Waals surface area contributed by atoms with Gasteiger partial charge in [0, 0.05) is 5.56 Å². The third-order valence-corrected chi connectivity index (χ3v) is 4.52. The molecule has 2 N–H and O–H groups in total. The van der Waals surface area contributed by atoms with Crippen molar-refractivity contribution >= 4 is 5.57 Å². The number of aromatic nitrogens is 3. The van der Waals surface area contributed by atoms with Crippen molar-refractivity contribution in [2.24, 2.45) is 0 Å². The van der Waals surface area contributed by atoms with E-state index in [4.69, 9.17) is 0 Å². The minimum atomic E-state index is -0.220. The lowest BCUT2D eigenvalue weighted by atomic mass is 10.00. The molecule has 0 aliphatic rings. The van der Waals surface area contributed by atoms with Crippen molar-refractivity contribution in [2.45, 2.75) is 13.8 Å². The van der Waals surface area contributed by atoms with Gasteiger partial charge in [-0.05, 0) is 55.3 Å². The van der Waals surface area contributed by atoms with Gasteiger partial charge in [0.05, 0.1) is 22.8 Å². The summed E-state index contributed by atoms with van der Waals surface area (Å²) in [6.45, 7) is 10.9. The smallest absolute Gasteiger partial charge is 0.167 e. The molecule has 0 amide bonds. The first-order valence-corrected chi connectivity index (χ1v) is 9.13. The number of phenols is 1. The molecule has 0 saturated heterocycles. The lowest BCUT2D eigenvalue weighted by Crippen LogP contribution is -2.04. The zero-order valence-electron chi connectivity index (χ0n) is 16.7. The van der Waals surface area contributed by atoms with Crippen LogP contribution in [-0.4, -0.2) is 25.2 Å². The van der Waals surface area contributed by atoms with Gasteiger partial charge in [0.2, 0.25) is 0 Å². The van der Waals surface area contributed by atoms with Gasteiger partial charge in [-0.2, -0.15) is 5.26 Å².